The van der Waals surface area contributed by atoms with Crippen LogP contribution < -0.4 is 5.32 Å². The first-order chi connectivity index (χ1) is 5.14. The average molecular weight is 177 g/mol. The number of rotatable bonds is 1. The molecule has 1 saturated heterocycles. The van der Waals surface area contributed by atoms with Crippen molar-refractivity contribution in [3.8, 4) is 0 Å². The quantitative estimate of drug-likeness (QED) is 0.621. The van der Waals surface area contributed by atoms with Crippen LogP contribution in [0.15, 0.2) is 0 Å². The molecule has 1 aliphatic heterocycles. The molecule has 4 heteroatoms. The van der Waals surface area contributed by atoms with Gasteiger partial charge < -0.3 is 5.32 Å². The Morgan fingerprint density at radius 1 is 1.36 bits per heavy atom. The molecule has 0 aromatic carbocycles. The van der Waals surface area contributed by atoms with Gasteiger partial charge in [-0.1, -0.05) is 6.42 Å². The molecular formula is C7H15NO2S. The molecule has 0 aromatic heterocycles. The summed E-state index contributed by atoms with van der Waals surface area (Å²) < 4.78 is 22.4. The second-order valence-corrected chi connectivity index (χ2v) is 5.32. The summed E-state index contributed by atoms with van der Waals surface area (Å²) in [5.41, 5.74) is 0. The van der Waals surface area contributed by atoms with Crippen molar-refractivity contribution in [3.63, 3.8) is 0 Å². The fraction of sp³-hybridized carbons (Fsp3) is 1.00. The Balaban J connectivity index is 2.61. The number of nitrogens with one attached hydrogen (secondary N) is 1. The monoisotopic (exact) mass is 177 g/mol. The van der Waals surface area contributed by atoms with E-state index in [-0.39, 0.29) is 6.04 Å². The molecule has 0 aliphatic carbocycles. The normalized spacial score (nSPS) is 31.2. The Kier molecular flexibility index (Phi) is 2.90. The third kappa shape index (κ3) is 2.79. The van der Waals surface area contributed by atoms with E-state index in [0.717, 1.165) is 19.3 Å². The van der Waals surface area contributed by atoms with Crippen LogP contribution in [0.2, 0.25) is 0 Å². The van der Waals surface area contributed by atoms with Crippen molar-refractivity contribution >= 4 is 9.84 Å². The molecule has 3 nitrogen and oxygen atoms in total. The van der Waals surface area contributed by atoms with E-state index in [4.69, 9.17) is 0 Å². The molecular weight excluding hydrogens is 162 g/mol. The summed E-state index contributed by atoms with van der Waals surface area (Å²) in [6.45, 7) is 0. The second-order valence-electron chi connectivity index (χ2n) is 3.10. The van der Waals surface area contributed by atoms with Gasteiger partial charge in [-0.25, -0.2) is 8.42 Å². The van der Waals surface area contributed by atoms with Crippen molar-refractivity contribution < 1.29 is 8.42 Å². The highest BCUT2D eigenvalue weighted by Crippen LogP contribution is 2.11. The van der Waals surface area contributed by atoms with Crippen LogP contribution in [0.3, 0.4) is 0 Å². The lowest BCUT2D eigenvalue weighted by atomic mass is 10.1. The first-order valence-corrected chi connectivity index (χ1v) is 5.84. The molecule has 0 amide bonds. The van der Waals surface area contributed by atoms with Gasteiger partial charge in [0.15, 0.2) is 9.84 Å². The summed E-state index contributed by atoms with van der Waals surface area (Å²) in [5.74, 6) is 0.703. The highest BCUT2D eigenvalue weighted by Gasteiger charge is 2.20. The molecule has 11 heavy (non-hydrogen) atoms. The van der Waals surface area contributed by atoms with E-state index in [9.17, 15) is 8.42 Å². The van der Waals surface area contributed by atoms with Crippen LogP contribution in [0.25, 0.3) is 0 Å². The lowest BCUT2D eigenvalue weighted by Crippen LogP contribution is -2.31. The molecule has 0 radical (unpaired) electrons. The molecule has 1 rings (SSSR count). The first kappa shape index (κ1) is 9.00. The molecule has 0 saturated carbocycles. The van der Waals surface area contributed by atoms with Gasteiger partial charge in [-0.05, 0) is 19.9 Å². The maximum atomic E-state index is 11.2. The molecule has 0 spiro atoms. The van der Waals surface area contributed by atoms with Crippen molar-refractivity contribution in [1.29, 1.82) is 0 Å². The zero-order chi connectivity index (χ0) is 8.32. The largest absolute Gasteiger partial charge is 0.316 e. The summed E-state index contributed by atoms with van der Waals surface area (Å²) in [7, 11) is -0.918. The van der Waals surface area contributed by atoms with Gasteiger partial charge in [0, 0.05) is 6.04 Å². The molecule has 66 valence electrons. The topological polar surface area (TPSA) is 46.2 Å². The van der Waals surface area contributed by atoms with Gasteiger partial charge in [-0.2, -0.15) is 0 Å². The number of hydrogen-bond donors (Lipinski definition) is 1. The van der Waals surface area contributed by atoms with Gasteiger partial charge in [-0.15, -0.1) is 0 Å². The van der Waals surface area contributed by atoms with Crippen LogP contribution in [0.5, 0.6) is 0 Å². The lowest BCUT2D eigenvalue weighted by Gasteiger charge is -2.10. The average Bonchev–Trinajstić information content (AvgIpc) is 2.10. The summed E-state index contributed by atoms with van der Waals surface area (Å²) in [6, 6.07) is 0.183. The predicted molar refractivity (Wildman–Crippen MR) is 45.4 cm³/mol. The van der Waals surface area contributed by atoms with E-state index in [1.165, 1.54) is 0 Å². The SMILES string of the molecule is CNC1CCCCS(=O)(=O)C1. The zero-order valence-corrected chi connectivity index (χ0v) is 7.65. The van der Waals surface area contributed by atoms with Gasteiger partial charge in [0.1, 0.15) is 0 Å². The fourth-order valence-corrected chi connectivity index (χ4v) is 3.17. The van der Waals surface area contributed by atoms with Gasteiger partial charge >= 0.3 is 0 Å². The number of hydrogen-bond acceptors (Lipinski definition) is 3. The van der Waals surface area contributed by atoms with Crippen molar-refractivity contribution in [2.45, 2.75) is 25.3 Å². The molecule has 0 bridgehead atoms. The zero-order valence-electron chi connectivity index (χ0n) is 6.84. The van der Waals surface area contributed by atoms with E-state index < -0.39 is 9.84 Å². The van der Waals surface area contributed by atoms with Gasteiger partial charge in [0.25, 0.3) is 0 Å². The van der Waals surface area contributed by atoms with Gasteiger partial charge in [0.05, 0.1) is 11.5 Å². The first-order valence-electron chi connectivity index (χ1n) is 4.02. The van der Waals surface area contributed by atoms with Crippen LogP contribution in [0, 0.1) is 0 Å². The molecule has 1 unspecified atom stereocenters. The minimum absolute atomic E-state index is 0.183. The van der Waals surface area contributed by atoms with Crippen LogP contribution in [0.4, 0.5) is 0 Å². The molecule has 1 fully saturated rings. The summed E-state index contributed by atoms with van der Waals surface area (Å²) in [6.07, 6.45) is 2.86. The van der Waals surface area contributed by atoms with Crippen LogP contribution in [-0.4, -0.2) is 33.0 Å². The molecule has 1 aliphatic rings. The minimum atomic E-state index is -2.74. The summed E-state index contributed by atoms with van der Waals surface area (Å²) >= 11 is 0. The van der Waals surface area contributed by atoms with Crippen molar-refractivity contribution in [1.82, 2.24) is 5.32 Å². The van der Waals surface area contributed by atoms with Crippen LogP contribution in [-0.2, 0) is 9.84 Å². The van der Waals surface area contributed by atoms with E-state index in [2.05, 4.69) is 5.32 Å². The third-order valence-electron chi connectivity index (χ3n) is 2.12. The smallest absolute Gasteiger partial charge is 0.151 e. The number of sulfone groups is 1. The van der Waals surface area contributed by atoms with E-state index in [1.54, 1.807) is 0 Å². The molecule has 0 aromatic rings. The standard InChI is InChI=1S/C7H15NO2S/c1-8-7-4-2-3-5-11(9,10)6-7/h7-8H,2-6H2,1H3. The van der Waals surface area contributed by atoms with Crippen molar-refractivity contribution in [3.05, 3.63) is 0 Å². The van der Waals surface area contributed by atoms with Crippen LogP contribution in [0.1, 0.15) is 19.3 Å². The van der Waals surface area contributed by atoms with E-state index in [1.807, 2.05) is 7.05 Å². The van der Waals surface area contributed by atoms with Gasteiger partial charge in [-0.3, -0.25) is 0 Å². The third-order valence-corrected chi connectivity index (χ3v) is 3.94. The summed E-state index contributed by atoms with van der Waals surface area (Å²) in [5, 5.41) is 3.02. The van der Waals surface area contributed by atoms with Crippen LogP contribution >= 0.6 is 0 Å². The maximum absolute atomic E-state index is 11.2. The minimum Gasteiger partial charge on any atom is -0.316 e. The van der Waals surface area contributed by atoms with E-state index >= 15 is 0 Å². The highest BCUT2D eigenvalue weighted by molar-refractivity contribution is 7.91. The second kappa shape index (κ2) is 3.54. The molecule has 1 N–H and O–H groups in total. The fourth-order valence-electron chi connectivity index (χ4n) is 1.41. The Hall–Kier alpha value is -0.0900. The maximum Gasteiger partial charge on any atom is 0.151 e. The Bertz CT molecular complexity index is 210. The highest BCUT2D eigenvalue weighted by atomic mass is 32.2. The Morgan fingerprint density at radius 2 is 2.09 bits per heavy atom. The van der Waals surface area contributed by atoms with Crippen molar-refractivity contribution in [2.75, 3.05) is 18.6 Å². The molecule has 1 atom stereocenters. The van der Waals surface area contributed by atoms with Crippen molar-refractivity contribution in [2.24, 2.45) is 0 Å². The molecule has 1 heterocycles. The van der Waals surface area contributed by atoms with E-state index in [0.29, 0.717) is 11.5 Å². The predicted octanol–water partition coefficient (Wildman–Crippen LogP) is 0.173. The summed E-state index contributed by atoms with van der Waals surface area (Å²) in [4.78, 5) is 0. The Morgan fingerprint density at radius 3 is 2.73 bits per heavy atom. The Labute approximate surface area is 68.1 Å². The lowest BCUT2D eigenvalue weighted by molar-refractivity contribution is 0.544. The van der Waals surface area contributed by atoms with Gasteiger partial charge in [0.2, 0.25) is 0 Å².